The third kappa shape index (κ3) is 3.59. The predicted octanol–water partition coefficient (Wildman–Crippen LogP) is 4.76. The van der Waals surface area contributed by atoms with Crippen LogP contribution in [0, 0.1) is 0 Å². The van der Waals surface area contributed by atoms with E-state index in [-0.39, 0.29) is 38.2 Å². The van der Waals surface area contributed by atoms with Gasteiger partial charge in [0.1, 0.15) is 12.1 Å². The number of alkyl halides is 3. The van der Waals surface area contributed by atoms with Gasteiger partial charge in [0.05, 0.1) is 6.10 Å². The summed E-state index contributed by atoms with van der Waals surface area (Å²) in [6, 6.07) is 15.5. The van der Waals surface area contributed by atoms with Crippen molar-refractivity contribution in [3.05, 3.63) is 59.7 Å². The van der Waals surface area contributed by atoms with Crippen LogP contribution in [-0.2, 0) is 4.74 Å². The first-order valence-electron chi connectivity index (χ1n) is 9.69. The maximum absolute atomic E-state index is 13.7. The molecule has 0 spiro atoms. The lowest BCUT2D eigenvalue weighted by Crippen LogP contribution is -2.60. The summed E-state index contributed by atoms with van der Waals surface area (Å²) >= 11 is 0. The third-order valence-corrected chi connectivity index (χ3v) is 6.04. The van der Waals surface area contributed by atoms with Gasteiger partial charge in [0, 0.05) is 5.92 Å². The van der Waals surface area contributed by atoms with Crippen molar-refractivity contribution in [2.24, 2.45) is 0 Å². The summed E-state index contributed by atoms with van der Waals surface area (Å²) in [4.78, 5) is 12.3. The molecule has 29 heavy (non-hydrogen) atoms. The minimum Gasteiger partial charge on any atom is -0.449 e. The van der Waals surface area contributed by atoms with E-state index in [1.165, 1.54) is 0 Å². The van der Waals surface area contributed by atoms with E-state index in [9.17, 15) is 23.1 Å². The minimum absolute atomic E-state index is 0.0107. The molecule has 0 aliphatic heterocycles. The first-order valence-corrected chi connectivity index (χ1v) is 9.69. The summed E-state index contributed by atoms with van der Waals surface area (Å²) in [6.07, 6.45) is -7.20. The number of ether oxygens (including phenoxy) is 1. The lowest BCUT2D eigenvalue weighted by atomic mass is 9.80. The molecule has 0 bridgehead atoms. The highest BCUT2D eigenvalue weighted by molar-refractivity contribution is 5.79. The van der Waals surface area contributed by atoms with Crippen LogP contribution in [0.1, 0.15) is 42.7 Å². The highest BCUT2D eigenvalue weighted by Gasteiger charge is 2.57. The van der Waals surface area contributed by atoms with Crippen LogP contribution in [0.25, 0.3) is 11.1 Å². The van der Waals surface area contributed by atoms with Crippen LogP contribution in [0.15, 0.2) is 48.5 Å². The summed E-state index contributed by atoms with van der Waals surface area (Å²) in [5.41, 5.74) is 1.73. The van der Waals surface area contributed by atoms with E-state index in [0.29, 0.717) is 0 Å². The molecular weight excluding hydrogens is 383 g/mol. The summed E-state index contributed by atoms with van der Waals surface area (Å²) in [5.74, 6) is -0.219. The van der Waals surface area contributed by atoms with E-state index in [1.807, 2.05) is 48.5 Å². The average Bonchev–Trinajstić information content (AvgIpc) is 3.01. The van der Waals surface area contributed by atoms with Crippen LogP contribution < -0.4 is 5.32 Å². The lowest BCUT2D eigenvalue weighted by molar-refractivity contribution is -0.207. The molecule has 2 aliphatic rings. The zero-order chi connectivity index (χ0) is 20.6. The van der Waals surface area contributed by atoms with E-state index in [2.05, 4.69) is 5.32 Å². The van der Waals surface area contributed by atoms with Crippen molar-refractivity contribution in [3.8, 4) is 11.1 Å². The summed E-state index contributed by atoms with van der Waals surface area (Å²) in [7, 11) is 0. The molecule has 2 aliphatic carbocycles. The van der Waals surface area contributed by atoms with E-state index >= 15 is 0 Å². The molecule has 1 amide bonds. The minimum atomic E-state index is -4.61. The average molecular weight is 405 g/mol. The Morgan fingerprint density at radius 3 is 2.07 bits per heavy atom. The number of aliphatic hydroxyl groups excluding tert-OH is 1. The number of rotatable bonds is 3. The number of halogens is 3. The van der Waals surface area contributed by atoms with Gasteiger partial charge in [0.25, 0.3) is 0 Å². The van der Waals surface area contributed by atoms with E-state index in [0.717, 1.165) is 22.3 Å². The molecule has 0 radical (unpaired) electrons. The van der Waals surface area contributed by atoms with Gasteiger partial charge in [-0.05, 0) is 47.9 Å². The number of alkyl carbamates (subject to hydrolysis) is 1. The first-order chi connectivity index (χ1) is 13.8. The Balaban J connectivity index is 1.49. The zero-order valence-corrected chi connectivity index (χ0v) is 15.7. The van der Waals surface area contributed by atoms with Crippen molar-refractivity contribution in [2.75, 3.05) is 6.61 Å². The third-order valence-electron chi connectivity index (χ3n) is 6.04. The van der Waals surface area contributed by atoms with Gasteiger partial charge in [-0.15, -0.1) is 0 Å². The number of carbonyl (C=O) groups is 1. The van der Waals surface area contributed by atoms with Crippen LogP contribution in [0.5, 0.6) is 0 Å². The van der Waals surface area contributed by atoms with Crippen molar-refractivity contribution in [1.82, 2.24) is 5.32 Å². The molecular formula is C22H22F3NO3. The van der Waals surface area contributed by atoms with Crippen LogP contribution >= 0.6 is 0 Å². The summed E-state index contributed by atoms with van der Waals surface area (Å²) < 4.78 is 46.3. The molecule has 1 saturated carbocycles. The Morgan fingerprint density at radius 2 is 1.55 bits per heavy atom. The smallest absolute Gasteiger partial charge is 0.411 e. The number of carbonyl (C=O) groups excluding carboxylic acids is 1. The van der Waals surface area contributed by atoms with Gasteiger partial charge in [0.15, 0.2) is 0 Å². The van der Waals surface area contributed by atoms with E-state index < -0.39 is 23.9 Å². The van der Waals surface area contributed by atoms with Crippen molar-refractivity contribution in [2.45, 2.75) is 49.4 Å². The predicted molar refractivity (Wildman–Crippen MR) is 101 cm³/mol. The highest BCUT2D eigenvalue weighted by atomic mass is 19.4. The zero-order valence-electron chi connectivity index (χ0n) is 15.7. The van der Waals surface area contributed by atoms with Crippen molar-refractivity contribution >= 4 is 6.09 Å². The lowest BCUT2D eigenvalue weighted by Gasteiger charge is -2.40. The normalized spacial score (nSPS) is 23.9. The monoisotopic (exact) mass is 405 g/mol. The topological polar surface area (TPSA) is 58.6 Å². The molecule has 2 N–H and O–H groups in total. The first kappa shape index (κ1) is 19.8. The van der Waals surface area contributed by atoms with Gasteiger partial charge in [-0.2, -0.15) is 13.2 Å². The molecule has 2 aromatic rings. The summed E-state index contributed by atoms with van der Waals surface area (Å²) in [5, 5.41) is 11.6. The van der Waals surface area contributed by atoms with Gasteiger partial charge in [0.2, 0.25) is 0 Å². The number of fused-ring (bicyclic) bond motifs is 3. The molecule has 0 atom stereocenters. The molecule has 0 unspecified atom stereocenters. The summed E-state index contributed by atoms with van der Waals surface area (Å²) in [6.45, 7) is -0.0452. The largest absolute Gasteiger partial charge is 0.449 e. The Hall–Kier alpha value is -2.54. The van der Waals surface area contributed by atoms with E-state index in [1.54, 1.807) is 0 Å². The van der Waals surface area contributed by atoms with Gasteiger partial charge >= 0.3 is 12.3 Å². The molecule has 0 aromatic heterocycles. The second kappa shape index (κ2) is 7.37. The fourth-order valence-electron chi connectivity index (χ4n) is 4.40. The highest BCUT2D eigenvalue weighted by Crippen LogP contribution is 2.45. The fourth-order valence-corrected chi connectivity index (χ4v) is 4.40. The molecule has 4 nitrogen and oxygen atoms in total. The standard InChI is InChI=1S/C22H22F3NO3/c23-22(24,25)21(11-9-14(27)10-12-21)26-20(28)29-13-19-17-7-3-1-5-15(17)16-6-2-4-8-18(16)19/h1-8,14,19,27H,9-13H2,(H,26,28). The fraction of sp³-hybridized carbons (Fsp3) is 0.409. The Kier molecular flexibility index (Phi) is 5.02. The number of amides is 1. The molecule has 1 fully saturated rings. The van der Waals surface area contributed by atoms with Crippen LogP contribution in [0.4, 0.5) is 18.0 Å². The molecule has 2 aromatic carbocycles. The Morgan fingerprint density at radius 1 is 1.03 bits per heavy atom. The Labute approximate surface area is 166 Å². The quantitative estimate of drug-likeness (QED) is 0.774. The SMILES string of the molecule is O=C(NC1(C(F)(F)F)CCC(O)CC1)OCC1c2ccccc2-c2ccccc21. The number of aliphatic hydroxyl groups is 1. The molecule has 4 rings (SSSR count). The molecule has 0 saturated heterocycles. The van der Waals surface area contributed by atoms with Crippen molar-refractivity contribution in [3.63, 3.8) is 0 Å². The van der Waals surface area contributed by atoms with Crippen LogP contribution in [0.3, 0.4) is 0 Å². The number of nitrogens with one attached hydrogen (secondary N) is 1. The van der Waals surface area contributed by atoms with E-state index in [4.69, 9.17) is 4.74 Å². The second-order valence-corrected chi connectivity index (χ2v) is 7.76. The van der Waals surface area contributed by atoms with Crippen LogP contribution in [0.2, 0.25) is 0 Å². The van der Waals surface area contributed by atoms with Gasteiger partial charge in [-0.25, -0.2) is 4.79 Å². The second-order valence-electron chi connectivity index (χ2n) is 7.76. The maximum atomic E-state index is 13.7. The number of benzene rings is 2. The van der Waals surface area contributed by atoms with Gasteiger partial charge in [-0.3, -0.25) is 0 Å². The van der Waals surface area contributed by atoms with Gasteiger partial charge < -0.3 is 15.2 Å². The number of hydrogen-bond donors (Lipinski definition) is 2. The maximum Gasteiger partial charge on any atom is 0.411 e. The van der Waals surface area contributed by atoms with Crippen molar-refractivity contribution < 1.29 is 27.8 Å². The van der Waals surface area contributed by atoms with Crippen LogP contribution in [-0.4, -0.2) is 35.6 Å². The Bertz CT molecular complexity index is 859. The van der Waals surface area contributed by atoms with Crippen molar-refractivity contribution in [1.29, 1.82) is 0 Å². The number of hydrogen-bond acceptors (Lipinski definition) is 3. The molecule has 0 heterocycles. The molecule has 7 heteroatoms. The molecule has 154 valence electrons. The van der Waals surface area contributed by atoms with Gasteiger partial charge in [-0.1, -0.05) is 48.5 Å².